The quantitative estimate of drug-likeness (QED) is 0.527. The Hall–Kier alpha value is -2.94. The van der Waals surface area contributed by atoms with E-state index in [4.69, 9.17) is 23.2 Å². The molecule has 0 spiro atoms. The zero-order valence-corrected chi connectivity index (χ0v) is 23.1. The van der Waals surface area contributed by atoms with Crippen molar-refractivity contribution in [3.8, 4) is 0 Å². The number of likely N-dealkylation sites (tertiary alicyclic amines) is 1. The molecule has 1 unspecified atom stereocenters. The Labute approximate surface area is 231 Å². The summed E-state index contributed by atoms with van der Waals surface area (Å²) in [5.41, 5.74) is 0.334. The number of rotatable bonds is 4. The van der Waals surface area contributed by atoms with Gasteiger partial charge >= 0.3 is 0 Å². The number of pyridine rings is 1. The number of aryl methyl sites for hydroxylation is 1. The second-order valence-corrected chi connectivity index (χ2v) is 11.4. The molecule has 1 N–H and O–H groups in total. The molecule has 5 atom stereocenters. The number of carbonyl (C=O) groups excluding carboxylic acids is 1. The van der Waals surface area contributed by atoms with Gasteiger partial charge in [-0.15, -0.1) is 0 Å². The third kappa shape index (κ3) is 4.81. The van der Waals surface area contributed by atoms with E-state index in [0.717, 1.165) is 11.3 Å². The molecule has 0 aliphatic carbocycles. The van der Waals surface area contributed by atoms with Crippen molar-refractivity contribution in [3.05, 3.63) is 86.4 Å². The molecule has 5 rings (SSSR count). The summed E-state index contributed by atoms with van der Waals surface area (Å²) in [4.78, 5) is 34.4. The van der Waals surface area contributed by atoms with Gasteiger partial charge in [-0.05, 0) is 35.9 Å². The average molecular weight is 556 g/mol. The van der Waals surface area contributed by atoms with Crippen molar-refractivity contribution < 1.29 is 9.90 Å². The first-order valence-corrected chi connectivity index (χ1v) is 13.5. The molecule has 2 aliphatic heterocycles. The zero-order valence-electron chi connectivity index (χ0n) is 21.6. The van der Waals surface area contributed by atoms with Gasteiger partial charge in [-0.2, -0.15) is 5.10 Å². The maximum atomic E-state index is 14.1. The second-order valence-electron chi connectivity index (χ2n) is 10.6. The van der Waals surface area contributed by atoms with E-state index in [1.807, 2.05) is 41.8 Å². The van der Waals surface area contributed by atoms with E-state index < -0.39 is 5.60 Å². The van der Waals surface area contributed by atoms with Crippen LogP contribution in [0.2, 0.25) is 10.0 Å². The van der Waals surface area contributed by atoms with E-state index in [0.29, 0.717) is 42.0 Å². The first-order valence-electron chi connectivity index (χ1n) is 12.8. The van der Waals surface area contributed by atoms with Gasteiger partial charge in [-0.1, -0.05) is 49.2 Å². The zero-order chi connectivity index (χ0) is 27.2. The smallest absolute Gasteiger partial charge is 0.266 e. The summed E-state index contributed by atoms with van der Waals surface area (Å²) < 4.78 is 1.30. The van der Waals surface area contributed by atoms with Crippen LogP contribution in [0, 0.1) is 17.8 Å². The van der Waals surface area contributed by atoms with E-state index in [2.05, 4.69) is 10.1 Å². The van der Waals surface area contributed by atoms with Crippen molar-refractivity contribution in [3.63, 3.8) is 0 Å². The maximum absolute atomic E-state index is 14.1. The highest BCUT2D eigenvalue weighted by Crippen LogP contribution is 2.43. The molecule has 2 fully saturated rings. The van der Waals surface area contributed by atoms with Crippen LogP contribution in [0.15, 0.2) is 59.5 Å². The van der Waals surface area contributed by atoms with Gasteiger partial charge in [0.25, 0.3) is 5.56 Å². The minimum absolute atomic E-state index is 0.0240. The Balaban J connectivity index is 1.42. The van der Waals surface area contributed by atoms with Crippen LogP contribution < -0.4 is 10.5 Å². The summed E-state index contributed by atoms with van der Waals surface area (Å²) in [5.74, 6) is -0.266. The number of benzene rings is 1. The molecule has 0 bridgehead atoms. The molecule has 8 nitrogen and oxygen atoms in total. The van der Waals surface area contributed by atoms with Crippen molar-refractivity contribution in [1.29, 1.82) is 0 Å². The summed E-state index contributed by atoms with van der Waals surface area (Å²) in [5, 5.41) is 17.3. The minimum Gasteiger partial charge on any atom is -0.384 e. The fourth-order valence-corrected chi connectivity index (χ4v) is 6.24. The fourth-order valence-electron chi connectivity index (χ4n) is 6.01. The summed E-state index contributed by atoms with van der Waals surface area (Å²) in [6.45, 7) is 5.80. The first kappa shape index (κ1) is 26.7. The van der Waals surface area contributed by atoms with Crippen molar-refractivity contribution in [2.45, 2.75) is 25.4 Å². The predicted molar refractivity (Wildman–Crippen MR) is 147 cm³/mol. The van der Waals surface area contributed by atoms with Crippen molar-refractivity contribution >= 4 is 34.9 Å². The molecule has 2 aromatic heterocycles. The molecule has 2 aliphatic rings. The average Bonchev–Trinajstić information content (AvgIpc) is 3.34. The van der Waals surface area contributed by atoms with Gasteiger partial charge in [0.2, 0.25) is 5.91 Å². The lowest BCUT2D eigenvalue weighted by Crippen LogP contribution is -2.57. The van der Waals surface area contributed by atoms with Crippen LogP contribution in [0.4, 0.5) is 5.82 Å². The lowest BCUT2D eigenvalue weighted by atomic mass is 9.70. The van der Waals surface area contributed by atoms with Crippen molar-refractivity contribution in [2.24, 2.45) is 24.8 Å². The topological polar surface area (TPSA) is 91.6 Å². The van der Waals surface area contributed by atoms with E-state index in [9.17, 15) is 14.7 Å². The number of aliphatic hydroxyl groups is 1. The van der Waals surface area contributed by atoms with E-state index in [1.54, 1.807) is 37.5 Å². The Bertz CT molecular complexity index is 1370. The van der Waals surface area contributed by atoms with Gasteiger partial charge < -0.3 is 14.9 Å². The molecular weight excluding hydrogens is 525 g/mol. The molecular formula is C28H31Cl2N5O3. The number of amides is 1. The van der Waals surface area contributed by atoms with Gasteiger partial charge in [0.15, 0.2) is 0 Å². The molecule has 10 heteroatoms. The molecule has 200 valence electrons. The number of hydrogen-bond donors (Lipinski definition) is 1. The van der Waals surface area contributed by atoms with Crippen LogP contribution in [0.5, 0.6) is 0 Å². The minimum atomic E-state index is -1.07. The van der Waals surface area contributed by atoms with E-state index >= 15 is 0 Å². The van der Waals surface area contributed by atoms with E-state index in [1.165, 1.54) is 10.7 Å². The molecule has 4 heterocycles. The number of hydrogen-bond acceptors (Lipinski definition) is 6. The Morgan fingerprint density at radius 1 is 0.947 bits per heavy atom. The van der Waals surface area contributed by atoms with Crippen LogP contribution in [0.25, 0.3) is 0 Å². The molecule has 0 saturated carbocycles. The largest absolute Gasteiger partial charge is 0.384 e. The fraction of sp³-hybridized carbons (Fsp3) is 0.429. The van der Waals surface area contributed by atoms with E-state index in [-0.39, 0.29) is 35.1 Å². The second kappa shape index (κ2) is 10.3. The van der Waals surface area contributed by atoms with Crippen molar-refractivity contribution in [1.82, 2.24) is 19.7 Å². The predicted octanol–water partition coefficient (Wildman–Crippen LogP) is 3.70. The molecule has 1 aromatic carbocycles. The van der Waals surface area contributed by atoms with Gasteiger partial charge in [0.05, 0.1) is 16.5 Å². The third-order valence-corrected chi connectivity index (χ3v) is 8.62. The Morgan fingerprint density at radius 2 is 1.61 bits per heavy atom. The highest BCUT2D eigenvalue weighted by molar-refractivity contribution is 6.30. The molecule has 0 radical (unpaired) electrons. The number of halogens is 2. The molecule has 2 saturated heterocycles. The Kier molecular flexibility index (Phi) is 7.24. The van der Waals surface area contributed by atoms with Crippen LogP contribution in [-0.2, 0) is 17.4 Å². The van der Waals surface area contributed by atoms with Gasteiger partial charge in [-0.3, -0.25) is 14.6 Å². The Morgan fingerprint density at radius 3 is 2.21 bits per heavy atom. The SMILES string of the molecule is C[C@@H]1CN(C(=O)[C@@H]2CN(c3ccc(=O)n(C)n3)C[C@@H]2c2ccc(Cl)cn2)C[C@H](C)C1(O)c1ccc(Cl)cc1. The summed E-state index contributed by atoms with van der Waals surface area (Å²) in [6.07, 6.45) is 1.60. The normalized spacial score (nSPS) is 27.5. The monoisotopic (exact) mass is 555 g/mol. The maximum Gasteiger partial charge on any atom is 0.266 e. The van der Waals surface area contributed by atoms with Crippen LogP contribution in [-0.4, -0.2) is 56.9 Å². The van der Waals surface area contributed by atoms with Crippen LogP contribution >= 0.6 is 23.2 Å². The standard InChI is InChI=1S/C28H31Cl2N5O3/c1-17-13-35(14-18(2)28(17,38)19-4-6-20(29)7-5-19)27(37)23-16-34(25-10-11-26(36)33(3)32-25)15-22(23)24-9-8-21(30)12-31-24/h4-12,17-18,22-23,38H,13-16H2,1-3H3/t17-,18+,22-,23+,28?/m0/s1. The van der Waals surface area contributed by atoms with Gasteiger partial charge in [-0.25, -0.2) is 4.68 Å². The van der Waals surface area contributed by atoms with Crippen LogP contribution in [0.3, 0.4) is 0 Å². The highest BCUT2D eigenvalue weighted by atomic mass is 35.5. The lowest BCUT2D eigenvalue weighted by molar-refractivity contribution is -0.152. The summed E-state index contributed by atoms with van der Waals surface area (Å²) >= 11 is 12.2. The van der Waals surface area contributed by atoms with Gasteiger partial charge in [0, 0.05) is 74.0 Å². The van der Waals surface area contributed by atoms with Crippen molar-refractivity contribution in [2.75, 3.05) is 31.1 Å². The number of nitrogens with zero attached hydrogens (tertiary/aromatic N) is 5. The number of anilines is 1. The molecule has 38 heavy (non-hydrogen) atoms. The van der Waals surface area contributed by atoms with Crippen LogP contribution in [0.1, 0.15) is 31.0 Å². The molecule has 1 amide bonds. The summed E-state index contributed by atoms with van der Waals surface area (Å²) in [7, 11) is 1.61. The lowest BCUT2D eigenvalue weighted by Gasteiger charge is -2.48. The number of piperidine rings is 1. The highest BCUT2D eigenvalue weighted by Gasteiger charge is 2.49. The van der Waals surface area contributed by atoms with Gasteiger partial charge in [0.1, 0.15) is 5.82 Å². The third-order valence-electron chi connectivity index (χ3n) is 8.15. The first-order chi connectivity index (χ1) is 18.1. The molecule has 3 aromatic rings. The number of carbonyl (C=O) groups is 1. The summed E-state index contributed by atoms with van der Waals surface area (Å²) in [6, 6.07) is 14.1. The number of aromatic nitrogens is 3.